The topological polar surface area (TPSA) is 43.9 Å². The summed E-state index contributed by atoms with van der Waals surface area (Å²) in [6.45, 7) is 0. The van der Waals surface area contributed by atoms with Gasteiger partial charge in [0.15, 0.2) is 0 Å². The predicted molar refractivity (Wildman–Crippen MR) is 119 cm³/mol. The van der Waals surface area contributed by atoms with Crippen LogP contribution in [0.25, 0.3) is 39.5 Å². The zero-order chi connectivity index (χ0) is 20.8. The number of fused-ring (bicyclic) bond motifs is 3. The first-order valence-electron chi connectivity index (χ1n) is 10.6. The highest BCUT2D eigenvalue weighted by atomic mass is 19.1. The summed E-state index contributed by atoms with van der Waals surface area (Å²) < 4.78 is 22.5. The SMILES string of the molecule is Fc1ccccc1-c1nnc(-c2ccccc2-n2c3c(c4ccccc42)CCCC3)o1. The van der Waals surface area contributed by atoms with Gasteiger partial charge < -0.3 is 8.98 Å². The van der Waals surface area contributed by atoms with E-state index in [2.05, 4.69) is 45.1 Å². The summed E-state index contributed by atoms with van der Waals surface area (Å²) in [5.41, 5.74) is 6.14. The molecule has 31 heavy (non-hydrogen) atoms. The second-order valence-corrected chi connectivity index (χ2v) is 7.89. The first kappa shape index (κ1) is 18.1. The van der Waals surface area contributed by atoms with Gasteiger partial charge in [-0.15, -0.1) is 10.2 Å². The Morgan fingerprint density at radius 3 is 2.29 bits per heavy atom. The van der Waals surface area contributed by atoms with Gasteiger partial charge in [0.2, 0.25) is 5.89 Å². The molecule has 5 aromatic rings. The number of hydrogen-bond donors (Lipinski definition) is 0. The lowest BCUT2D eigenvalue weighted by atomic mass is 9.95. The minimum absolute atomic E-state index is 0.183. The van der Waals surface area contributed by atoms with Crippen molar-refractivity contribution < 1.29 is 8.81 Å². The molecule has 0 fully saturated rings. The number of aromatic nitrogens is 3. The molecule has 2 heterocycles. The van der Waals surface area contributed by atoms with Gasteiger partial charge in [-0.2, -0.15) is 0 Å². The Morgan fingerprint density at radius 2 is 1.42 bits per heavy atom. The summed E-state index contributed by atoms with van der Waals surface area (Å²) in [7, 11) is 0. The van der Waals surface area contributed by atoms with Crippen molar-refractivity contribution >= 4 is 10.9 Å². The summed E-state index contributed by atoms with van der Waals surface area (Å²) in [6, 6.07) is 23.1. The van der Waals surface area contributed by atoms with E-state index in [1.807, 2.05) is 18.2 Å². The van der Waals surface area contributed by atoms with Crippen LogP contribution >= 0.6 is 0 Å². The van der Waals surface area contributed by atoms with Crippen LogP contribution in [0.3, 0.4) is 0 Å². The second-order valence-electron chi connectivity index (χ2n) is 7.89. The fourth-order valence-electron chi connectivity index (χ4n) is 4.70. The molecule has 0 amide bonds. The molecule has 3 aromatic carbocycles. The molecule has 1 aliphatic rings. The number of hydrogen-bond acceptors (Lipinski definition) is 3. The van der Waals surface area contributed by atoms with Crippen LogP contribution in [-0.4, -0.2) is 14.8 Å². The lowest BCUT2D eigenvalue weighted by Crippen LogP contribution is -2.07. The summed E-state index contributed by atoms with van der Waals surface area (Å²) in [5, 5.41) is 9.71. The van der Waals surface area contributed by atoms with Gasteiger partial charge in [-0.3, -0.25) is 0 Å². The quantitative estimate of drug-likeness (QED) is 0.348. The van der Waals surface area contributed by atoms with Crippen LogP contribution in [0.4, 0.5) is 4.39 Å². The van der Waals surface area contributed by atoms with Crippen molar-refractivity contribution in [3.05, 3.63) is 89.9 Å². The first-order chi connectivity index (χ1) is 15.3. The van der Waals surface area contributed by atoms with E-state index in [0.29, 0.717) is 11.5 Å². The molecule has 0 saturated heterocycles. The summed E-state index contributed by atoms with van der Waals surface area (Å²) >= 11 is 0. The van der Waals surface area contributed by atoms with Crippen LogP contribution in [0.15, 0.2) is 77.2 Å². The fourth-order valence-corrected chi connectivity index (χ4v) is 4.70. The van der Waals surface area contributed by atoms with E-state index in [4.69, 9.17) is 4.42 Å². The van der Waals surface area contributed by atoms with Gasteiger partial charge in [0.05, 0.1) is 22.3 Å². The molecular weight excluding hydrogens is 389 g/mol. The van der Waals surface area contributed by atoms with Crippen LogP contribution < -0.4 is 0 Å². The maximum absolute atomic E-state index is 14.2. The molecule has 0 unspecified atom stereocenters. The number of aryl methyl sites for hydroxylation is 1. The van der Waals surface area contributed by atoms with Gasteiger partial charge in [0, 0.05) is 11.1 Å². The maximum Gasteiger partial charge on any atom is 0.251 e. The molecule has 1 aliphatic carbocycles. The van der Waals surface area contributed by atoms with Crippen molar-refractivity contribution in [3.8, 4) is 28.6 Å². The standard InChI is InChI=1S/C26H20FN3O/c27-21-13-5-1-11-19(21)25-28-29-26(31-25)20-12-4-8-16-24(20)30-22-14-6-2-9-17(22)18-10-3-7-15-23(18)30/h1-2,4-6,8-9,11-14,16H,3,7,10,15H2. The van der Waals surface area contributed by atoms with E-state index in [1.54, 1.807) is 18.2 Å². The van der Waals surface area contributed by atoms with Crippen molar-refractivity contribution in [2.24, 2.45) is 0 Å². The fraction of sp³-hybridized carbons (Fsp3) is 0.154. The van der Waals surface area contributed by atoms with Crippen LogP contribution in [0, 0.1) is 5.82 Å². The molecule has 0 radical (unpaired) electrons. The largest absolute Gasteiger partial charge is 0.416 e. The van der Waals surface area contributed by atoms with Gasteiger partial charge in [-0.1, -0.05) is 42.5 Å². The van der Waals surface area contributed by atoms with E-state index in [0.717, 1.165) is 24.1 Å². The zero-order valence-electron chi connectivity index (χ0n) is 16.9. The molecule has 4 nitrogen and oxygen atoms in total. The molecule has 0 saturated carbocycles. The van der Waals surface area contributed by atoms with E-state index in [1.165, 1.54) is 41.1 Å². The molecule has 5 heteroatoms. The van der Waals surface area contributed by atoms with Gasteiger partial charge in [0.1, 0.15) is 5.82 Å². The lowest BCUT2D eigenvalue weighted by Gasteiger charge is -2.17. The van der Waals surface area contributed by atoms with Gasteiger partial charge in [0.25, 0.3) is 5.89 Å². The number of rotatable bonds is 3. The monoisotopic (exact) mass is 409 g/mol. The van der Waals surface area contributed by atoms with E-state index in [-0.39, 0.29) is 11.7 Å². The highest BCUT2D eigenvalue weighted by Crippen LogP contribution is 2.37. The molecule has 6 rings (SSSR count). The highest BCUT2D eigenvalue weighted by molar-refractivity contribution is 5.89. The van der Waals surface area contributed by atoms with Crippen LogP contribution in [-0.2, 0) is 12.8 Å². The van der Waals surface area contributed by atoms with Crippen LogP contribution in [0.1, 0.15) is 24.1 Å². The molecule has 152 valence electrons. The molecule has 0 atom stereocenters. The maximum atomic E-state index is 14.2. The average molecular weight is 409 g/mol. The van der Waals surface area contributed by atoms with Crippen molar-refractivity contribution in [3.63, 3.8) is 0 Å². The Bertz CT molecular complexity index is 1420. The predicted octanol–water partition coefficient (Wildman–Crippen LogP) is 6.37. The summed E-state index contributed by atoms with van der Waals surface area (Å²) in [5.74, 6) is 0.190. The van der Waals surface area contributed by atoms with Crippen molar-refractivity contribution in [1.82, 2.24) is 14.8 Å². The Balaban J connectivity index is 1.55. The van der Waals surface area contributed by atoms with Gasteiger partial charge >= 0.3 is 0 Å². The number of para-hydroxylation sites is 2. The third-order valence-electron chi connectivity index (χ3n) is 6.08. The number of halogens is 1. The normalized spacial score (nSPS) is 13.5. The van der Waals surface area contributed by atoms with E-state index >= 15 is 0 Å². The number of benzene rings is 3. The first-order valence-corrected chi connectivity index (χ1v) is 10.6. The average Bonchev–Trinajstić information content (AvgIpc) is 3.43. The third-order valence-corrected chi connectivity index (χ3v) is 6.08. The molecular formula is C26H20FN3O. The van der Waals surface area contributed by atoms with Crippen molar-refractivity contribution in [2.45, 2.75) is 25.7 Å². The molecule has 2 aromatic heterocycles. The van der Waals surface area contributed by atoms with Crippen molar-refractivity contribution in [2.75, 3.05) is 0 Å². The lowest BCUT2D eigenvalue weighted by molar-refractivity contribution is 0.570. The Hall–Kier alpha value is -3.73. The van der Waals surface area contributed by atoms with Crippen LogP contribution in [0.2, 0.25) is 0 Å². The van der Waals surface area contributed by atoms with E-state index in [9.17, 15) is 4.39 Å². The zero-order valence-corrected chi connectivity index (χ0v) is 16.9. The van der Waals surface area contributed by atoms with Gasteiger partial charge in [-0.05, 0) is 61.6 Å². The van der Waals surface area contributed by atoms with E-state index < -0.39 is 0 Å². The molecule has 0 aliphatic heterocycles. The van der Waals surface area contributed by atoms with Crippen molar-refractivity contribution in [1.29, 1.82) is 0 Å². The molecule has 0 spiro atoms. The minimum atomic E-state index is -0.378. The van der Waals surface area contributed by atoms with Gasteiger partial charge in [-0.25, -0.2) is 4.39 Å². The number of nitrogens with zero attached hydrogens (tertiary/aromatic N) is 3. The smallest absolute Gasteiger partial charge is 0.251 e. The summed E-state index contributed by atoms with van der Waals surface area (Å²) in [6.07, 6.45) is 4.55. The Labute approximate surface area is 179 Å². The van der Waals surface area contributed by atoms with Crippen LogP contribution in [0.5, 0.6) is 0 Å². The second kappa shape index (κ2) is 7.20. The highest BCUT2D eigenvalue weighted by Gasteiger charge is 2.23. The Morgan fingerprint density at radius 1 is 0.742 bits per heavy atom. The molecule has 0 bridgehead atoms. The minimum Gasteiger partial charge on any atom is -0.416 e. The summed E-state index contributed by atoms with van der Waals surface area (Å²) in [4.78, 5) is 0. The Kier molecular flexibility index (Phi) is 4.20. The molecule has 0 N–H and O–H groups in total. The third kappa shape index (κ3) is 2.88.